The van der Waals surface area contributed by atoms with Gasteiger partial charge in [0.1, 0.15) is 11.6 Å². The lowest BCUT2D eigenvalue weighted by Crippen LogP contribution is -2.35. The van der Waals surface area contributed by atoms with Gasteiger partial charge in [0.2, 0.25) is 0 Å². The highest BCUT2D eigenvalue weighted by molar-refractivity contribution is 6.00. The number of hydrogen-bond acceptors (Lipinski definition) is 6. The fourth-order valence-electron chi connectivity index (χ4n) is 5.82. The van der Waals surface area contributed by atoms with Gasteiger partial charge in [-0.2, -0.15) is 0 Å². The van der Waals surface area contributed by atoms with E-state index in [2.05, 4.69) is 29.2 Å². The van der Waals surface area contributed by atoms with Crippen LogP contribution in [0.2, 0.25) is 0 Å². The van der Waals surface area contributed by atoms with Crippen LogP contribution >= 0.6 is 0 Å². The summed E-state index contributed by atoms with van der Waals surface area (Å²) in [7, 11) is 1.72. The molecule has 34 heavy (non-hydrogen) atoms. The highest BCUT2D eigenvalue weighted by Gasteiger charge is 2.45. The summed E-state index contributed by atoms with van der Waals surface area (Å²) in [6.45, 7) is 4.38. The first-order chi connectivity index (χ1) is 16.6. The van der Waals surface area contributed by atoms with E-state index in [1.807, 2.05) is 6.07 Å². The quantitative estimate of drug-likeness (QED) is 0.527. The number of nitrogens with two attached hydrogens (primary N) is 1. The number of rotatable bonds is 9. The molecule has 2 fully saturated rings. The molecule has 6 nitrogen and oxygen atoms in total. The number of nitrogens with zero attached hydrogens (tertiary/aromatic N) is 2. The van der Waals surface area contributed by atoms with Gasteiger partial charge in [0.25, 0.3) is 0 Å². The van der Waals surface area contributed by atoms with Gasteiger partial charge in [0.05, 0.1) is 31.4 Å². The molecule has 180 valence electrons. The number of amidine groups is 1. The van der Waals surface area contributed by atoms with Gasteiger partial charge in [-0.3, -0.25) is 4.90 Å². The summed E-state index contributed by atoms with van der Waals surface area (Å²) in [6, 6.07) is 10.6. The van der Waals surface area contributed by atoms with Crippen LogP contribution in [-0.2, 0) is 18.5 Å². The van der Waals surface area contributed by atoms with E-state index in [4.69, 9.17) is 24.9 Å². The van der Waals surface area contributed by atoms with Gasteiger partial charge in [0.15, 0.2) is 11.5 Å². The number of benzene rings is 2. The van der Waals surface area contributed by atoms with E-state index in [-0.39, 0.29) is 5.41 Å². The Labute approximate surface area is 202 Å². The summed E-state index contributed by atoms with van der Waals surface area (Å²) in [5.74, 6) is 4.07. The number of ether oxygens (including phenoxy) is 3. The van der Waals surface area contributed by atoms with Crippen LogP contribution < -0.4 is 19.9 Å². The van der Waals surface area contributed by atoms with Crippen molar-refractivity contribution in [1.29, 1.82) is 0 Å². The van der Waals surface area contributed by atoms with Crippen LogP contribution in [0.25, 0.3) is 0 Å². The van der Waals surface area contributed by atoms with Crippen LogP contribution in [0.5, 0.6) is 17.2 Å². The maximum Gasteiger partial charge on any atom is 0.163 e. The topological polar surface area (TPSA) is 69.3 Å². The maximum atomic E-state index is 6.46. The SMILES string of the molecule is COc1ccc2c(c1)CN(CCCOc1cc3c(cc1OCC1CC1)C1(CCCC1)C(N)=N3)C2. The number of aliphatic imine (C=N–C) groups is 1. The van der Waals surface area contributed by atoms with Gasteiger partial charge in [-0.25, -0.2) is 4.99 Å². The second kappa shape index (κ2) is 8.81. The normalized spacial score (nSPS) is 20.3. The first-order valence-corrected chi connectivity index (χ1v) is 12.8. The van der Waals surface area contributed by atoms with E-state index in [0.717, 1.165) is 74.3 Å². The molecular formula is C28H35N3O3. The third-order valence-electron chi connectivity index (χ3n) is 8.01. The van der Waals surface area contributed by atoms with Crippen molar-refractivity contribution in [2.45, 2.75) is 63.5 Å². The van der Waals surface area contributed by atoms with Gasteiger partial charge in [-0.15, -0.1) is 0 Å². The van der Waals surface area contributed by atoms with Crippen molar-refractivity contribution in [3.63, 3.8) is 0 Å². The Bertz CT molecular complexity index is 1100. The van der Waals surface area contributed by atoms with E-state index < -0.39 is 0 Å². The Balaban J connectivity index is 1.11. The van der Waals surface area contributed by atoms with Crippen LogP contribution in [0.3, 0.4) is 0 Å². The minimum Gasteiger partial charge on any atom is -0.497 e. The standard InChI is InChI=1S/C28H35N3O3/c1-32-22-8-7-20-16-31(17-21(20)13-22)11-4-12-33-26-15-24-23(14-25(26)34-18-19-5-6-19)28(27(29)30-24)9-2-3-10-28/h7-8,13-15,19H,2-6,9-12,16-18H2,1H3,(H2,29,30). The summed E-state index contributed by atoms with van der Waals surface area (Å²) < 4.78 is 17.9. The summed E-state index contributed by atoms with van der Waals surface area (Å²) in [5.41, 5.74) is 11.3. The molecule has 0 aromatic heterocycles. The monoisotopic (exact) mass is 461 g/mol. The van der Waals surface area contributed by atoms with Crippen molar-refractivity contribution in [2.75, 3.05) is 26.9 Å². The average molecular weight is 462 g/mol. The fraction of sp³-hybridized carbons (Fsp3) is 0.536. The molecule has 0 radical (unpaired) electrons. The maximum absolute atomic E-state index is 6.46. The lowest BCUT2D eigenvalue weighted by Gasteiger charge is -2.25. The Hall–Kier alpha value is -2.73. The molecule has 2 saturated carbocycles. The van der Waals surface area contributed by atoms with E-state index >= 15 is 0 Å². The molecule has 2 aromatic rings. The smallest absolute Gasteiger partial charge is 0.163 e. The third-order valence-corrected chi connectivity index (χ3v) is 8.01. The Kier molecular flexibility index (Phi) is 5.64. The van der Waals surface area contributed by atoms with Gasteiger partial charge in [-0.1, -0.05) is 18.9 Å². The van der Waals surface area contributed by atoms with Crippen molar-refractivity contribution >= 4 is 11.5 Å². The molecule has 6 heteroatoms. The van der Waals surface area contributed by atoms with Crippen molar-refractivity contribution in [1.82, 2.24) is 4.90 Å². The van der Waals surface area contributed by atoms with E-state index in [9.17, 15) is 0 Å². The molecular weight excluding hydrogens is 426 g/mol. The molecule has 6 rings (SSSR count). The largest absolute Gasteiger partial charge is 0.497 e. The van der Waals surface area contributed by atoms with Crippen LogP contribution in [0.1, 0.15) is 61.6 Å². The first-order valence-electron chi connectivity index (χ1n) is 12.8. The zero-order valence-corrected chi connectivity index (χ0v) is 20.1. The van der Waals surface area contributed by atoms with Crippen LogP contribution in [-0.4, -0.2) is 37.6 Å². The molecule has 2 heterocycles. The van der Waals surface area contributed by atoms with Gasteiger partial charge in [0, 0.05) is 25.7 Å². The summed E-state index contributed by atoms with van der Waals surface area (Å²) >= 11 is 0. The van der Waals surface area contributed by atoms with Crippen molar-refractivity contribution in [2.24, 2.45) is 16.6 Å². The van der Waals surface area contributed by atoms with Crippen LogP contribution in [0.4, 0.5) is 5.69 Å². The number of fused-ring (bicyclic) bond motifs is 3. The van der Waals surface area contributed by atoms with Gasteiger partial charge < -0.3 is 19.9 Å². The average Bonchev–Trinajstić information content (AvgIpc) is 3.27. The predicted octanol–water partition coefficient (Wildman–Crippen LogP) is 5.08. The lowest BCUT2D eigenvalue weighted by molar-refractivity contribution is 0.226. The second-order valence-electron chi connectivity index (χ2n) is 10.4. The minimum absolute atomic E-state index is 0.0843. The van der Waals surface area contributed by atoms with Crippen molar-refractivity contribution in [3.8, 4) is 17.2 Å². The number of methoxy groups -OCH3 is 1. The highest BCUT2D eigenvalue weighted by atomic mass is 16.5. The van der Waals surface area contributed by atoms with Crippen LogP contribution in [0.15, 0.2) is 35.3 Å². The predicted molar refractivity (Wildman–Crippen MR) is 133 cm³/mol. The lowest BCUT2D eigenvalue weighted by atomic mass is 9.79. The van der Waals surface area contributed by atoms with E-state index in [1.165, 1.54) is 42.4 Å². The Morgan fingerprint density at radius 1 is 1.03 bits per heavy atom. The molecule has 0 saturated heterocycles. The molecule has 2 N–H and O–H groups in total. The summed E-state index contributed by atoms with van der Waals surface area (Å²) in [6.07, 6.45) is 8.08. The Morgan fingerprint density at radius 3 is 2.62 bits per heavy atom. The molecule has 0 atom stereocenters. The number of hydrogen-bond donors (Lipinski definition) is 1. The molecule has 1 spiro atoms. The molecule has 0 amide bonds. The zero-order valence-electron chi connectivity index (χ0n) is 20.1. The summed E-state index contributed by atoms with van der Waals surface area (Å²) in [4.78, 5) is 7.23. The van der Waals surface area contributed by atoms with Gasteiger partial charge >= 0.3 is 0 Å². The minimum atomic E-state index is -0.0843. The fourth-order valence-corrected chi connectivity index (χ4v) is 5.82. The molecule has 2 aliphatic heterocycles. The highest BCUT2D eigenvalue weighted by Crippen LogP contribution is 2.52. The first kappa shape index (κ1) is 21.8. The third kappa shape index (κ3) is 4.02. The second-order valence-corrected chi connectivity index (χ2v) is 10.4. The van der Waals surface area contributed by atoms with E-state index in [1.54, 1.807) is 7.11 Å². The van der Waals surface area contributed by atoms with Crippen LogP contribution in [0, 0.1) is 5.92 Å². The molecule has 2 aromatic carbocycles. The molecule has 2 aliphatic carbocycles. The molecule has 0 bridgehead atoms. The zero-order chi connectivity index (χ0) is 23.1. The summed E-state index contributed by atoms with van der Waals surface area (Å²) in [5, 5.41) is 0. The Morgan fingerprint density at radius 2 is 1.82 bits per heavy atom. The molecule has 4 aliphatic rings. The molecule has 0 unspecified atom stereocenters. The van der Waals surface area contributed by atoms with E-state index in [0.29, 0.717) is 12.5 Å². The van der Waals surface area contributed by atoms with Crippen molar-refractivity contribution < 1.29 is 14.2 Å². The van der Waals surface area contributed by atoms with Gasteiger partial charge in [-0.05, 0) is 72.9 Å². The van der Waals surface area contributed by atoms with Crippen molar-refractivity contribution in [3.05, 3.63) is 47.0 Å².